The highest BCUT2D eigenvalue weighted by Gasteiger charge is 2.53. The minimum Gasteiger partial charge on any atom is -0.389 e. The molecule has 0 aromatic carbocycles. The normalized spacial score (nSPS) is 37.7. The Morgan fingerprint density at radius 2 is 1.58 bits per heavy atom. The lowest BCUT2D eigenvalue weighted by molar-refractivity contribution is -0.0547. The van der Waals surface area contributed by atoms with Crippen LogP contribution in [0.1, 0.15) is 11.6 Å². The zero-order valence-electron chi connectivity index (χ0n) is 22.3. The van der Waals surface area contributed by atoms with Gasteiger partial charge in [0.05, 0.1) is 43.5 Å². The van der Waals surface area contributed by atoms with Crippen molar-refractivity contribution in [3.8, 4) is 0 Å². The van der Waals surface area contributed by atoms with Gasteiger partial charge in [0, 0.05) is 0 Å². The highest BCUT2D eigenvalue weighted by atomic mass is 32.2. The number of nitrogen functional groups attached to an aromatic ring is 1. The number of thioether (sulfide) groups is 1. The fourth-order valence-corrected chi connectivity index (χ4v) is 8.87. The number of aliphatic hydroxyl groups excluding tert-OH is 2. The van der Waals surface area contributed by atoms with Gasteiger partial charge in [-0.05, 0) is 0 Å². The number of nitrogens with one attached hydrogen (secondary N) is 2. The molecule has 242 valence electrons. The highest BCUT2D eigenvalue weighted by Crippen LogP contribution is 2.56. The summed E-state index contributed by atoms with van der Waals surface area (Å²) in [5.41, 5.74) is 4.19. The summed E-state index contributed by atoms with van der Waals surface area (Å²) in [6.07, 6.45) is -6.03. The Hall–Kier alpha value is -3.05. The van der Waals surface area contributed by atoms with Gasteiger partial charge in [0.15, 0.2) is 28.6 Å². The molecule has 45 heavy (non-hydrogen) atoms. The topological polar surface area (TPSA) is 314 Å². The van der Waals surface area contributed by atoms with E-state index in [1.54, 1.807) is 0 Å². The third kappa shape index (κ3) is 5.43. The zero-order chi connectivity index (χ0) is 31.8. The molecule has 3 aliphatic rings. The zero-order valence-corrected chi connectivity index (χ0v) is 24.9. The van der Waals surface area contributed by atoms with Gasteiger partial charge in [0.25, 0.3) is 11.1 Å². The first-order valence-electron chi connectivity index (χ1n) is 12.9. The first-order chi connectivity index (χ1) is 21.3. The van der Waals surface area contributed by atoms with E-state index in [1.165, 1.54) is 15.5 Å². The lowest BCUT2D eigenvalue weighted by Crippen LogP contribution is -2.36. The van der Waals surface area contributed by atoms with Crippen molar-refractivity contribution in [2.45, 2.75) is 47.4 Å². The second kappa shape index (κ2) is 11.0. The summed E-state index contributed by atoms with van der Waals surface area (Å²) in [5.74, 6) is -0.246. The maximum absolute atomic E-state index is 13.2. The average molecular weight is 691 g/mol. The number of H-pyrrole nitrogens is 2. The predicted molar refractivity (Wildman–Crippen MR) is 148 cm³/mol. The van der Waals surface area contributed by atoms with Crippen LogP contribution in [0.4, 0.5) is 5.95 Å². The Kier molecular flexibility index (Phi) is 7.50. The molecule has 0 aliphatic carbocycles. The number of phosphoric acid groups is 2. The number of aromatic nitrogens is 8. The number of nitrogens with zero attached hydrogens (tertiary/aromatic N) is 6. The van der Waals surface area contributed by atoms with Crippen LogP contribution in [0.5, 0.6) is 0 Å². The van der Waals surface area contributed by atoms with Crippen molar-refractivity contribution >= 4 is 55.7 Å². The number of hydrogen-bond acceptors (Lipinski definition) is 17. The van der Waals surface area contributed by atoms with E-state index in [2.05, 4.69) is 29.9 Å². The van der Waals surface area contributed by atoms with Crippen LogP contribution in [0, 0.1) is 0 Å². The number of aliphatic hydroxyl groups is 2. The van der Waals surface area contributed by atoms with E-state index < -0.39 is 87.3 Å². The second-order valence-electron chi connectivity index (χ2n) is 10.1. The highest BCUT2D eigenvalue weighted by molar-refractivity contribution is 8.00. The number of phosphoric ester groups is 2. The third-order valence-electron chi connectivity index (χ3n) is 7.30. The van der Waals surface area contributed by atoms with Crippen LogP contribution in [0.25, 0.3) is 22.3 Å². The number of ether oxygens (including phenoxy) is 1. The number of rotatable bonds is 2. The van der Waals surface area contributed by atoms with Crippen molar-refractivity contribution in [2.75, 3.05) is 18.9 Å². The van der Waals surface area contributed by atoms with Gasteiger partial charge in [-0.3, -0.25) is 41.8 Å². The van der Waals surface area contributed by atoms with E-state index in [9.17, 15) is 38.7 Å². The van der Waals surface area contributed by atoms with Crippen molar-refractivity contribution in [2.24, 2.45) is 0 Å². The molecule has 4 aromatic rings. The number of hydrogen-bond donors (Lipinski definition) is 7. The summed E-state index contributed by atoms with van der Waals surface area (Å²) < 4.78 is 55.6. The molecule has 22 nitrogen and oxygen atoms in total. The van der Waals surface area contributed by atoms with Crippen molar-refractivity contribution in [1.29, 1.82) is 0 Å². The monoisotopic (exact) mass is 691 g/mol. The summed E-state index contributed by atoms with van der Waals surface area (Å²) in [5, 5.41) is 20.0. The molecule has 0 spiro atoms. The van der Waals surface area contributed by atoms with Crippen LogP contribution in [-0.4, -0.2) is 108 Å². The number of anilines is 1. The average Bonchev–Trinajstić information content (AvgIpc) is 3.72. The molecule has 3 fully saturated rings. The molecule has 3 saturated heterocycles. The number of imidazole rings is 2. The van der Waals surface area contributed by atoms with E-state index >= 15 is 0 Å². The molecule has 0 radical (unpaired) electrons. The summed E-state index contributed by atoms with van der Waals surface area (Å²) in [6, 6.07) is 0. The minimum atomic E-state index is -5.07. The van der Waals surface area contributed by atoms with Gasteiger partial charge in [-0.15, -0.1) is 11.8 Å². The fraction of sp³-hybridized carbons (Fsp3) is 0.500. The maximum Gasteiger partial charge on any atom is 0.472 e. The number of fused-ring (bicyclic) bond motifs is 5. The number of nitrogens with two attached hydrogens (primary N) is 1. The summed E-state index contributed by atoms with van der Waals surface area (Å²) >= 11 is 0.895. The molecule has 10 atom stereocenters. The smallest absolute Gasteiger partial charge is 0.389 e. The Bertz CT molecular complexity index is 2000. The molecule has 7 heterocycles. The molecule has 2 unspecified atom stereocenters. The Labute approximate surface area is 252 Å². The lowest BCUT2D eigenvalue weighted by atomic mass is 10.1. The summed E-state index contributed by atoms with van der Waals surface area (Å²) in [7, 11) is -10.1. The van der Waals surface area contributed by atoms with Crippen LogP contribution >= 0.6 is 27.4 Å². The van der Waals surface area contributed by atoms with Crippen LogP contribution in [-0.2, 0) is 32.0 Å². The van der Waals surface area contributed by atoms with Crippen molar-refractivity contribution in [3.05, 3.63) is 39.7 Å². The van der Waals surface area contributed by atoms with Crippen molar-refractivity contribution in [3.63, 3.8) is 0 Å². The van der Waals surface area contributed by atoms with Gasteiger partial charge < -0.3 is 35.5 Å². The molecular weight excluding hydrogens is 668 g/mol. The van der Waals surface area contributed by atoms with Gasteiger partial charge in [-0.2, -0.15) is 4.98 Å². The molecule has 2 bridgehead atoms. The van der Waals surface area contributed by atoms with Gasteiger partial charge in [0.2, 0.25) is 5.95 Å². The molecule has 0 amide bonds. The quantitative estimate of drug-likeness (QED) is 0.113. The van der Waals surface area contributed by atoms with Crippen LogP contribution in [0.15, 0.2) is 28.6 Å². The van der Waals surface area contributed by atoms with E-state index in [0.29, 0.717) is 0 Å². The molecule has 3 aliphatic heterocycles. The Morgan fingerprint density at radius 1 is 0.911 bits per heavy atom. The third-order valence-corrected chi connectivity index (χ3v) is 10.8. The molecule has 4 aromatic heterocycles. The molecule has 25 heteroatoms. The largest absolute Gasteiger partial charge is 0.472 e. The lowest BCUT2D eigenvalue weighted by Gasteiger charge is -2.26. The van der Waals surface area contributed by atoms with Crippen LogP contribution < -0.4 is 16.9 Å². The molecular formula is C20H23N9O13P2S. The van der Waals surface area contributed by atoms with E-state index in [1.807, 2.05) is 0 Å². The van der Waals surface area contributed by atoms with Gasteiger partial charge in [-0.1, -0.05) is 0 Å². The van der Waals surface area contributed by atoms with Gasteiger partial charge in [0.1, 0.15) is 29.8 Å². The number of aromatic amines is 2. The summed E-state index contributed by atoms with van der Waals surface area (Å²) in [6.45, 7) is -1.48. The van der Waals surface area contributed by atoms with Crippen LogP contribution in [0.3, 0.4) is 0 Å². The van der Waals surface area contributed by atoms with Gasteiger partial charge >= 0.3 is 15.6 Å². The first kappa shape index (κ1) is 30.6. The second-order valence-corrected chi connectivity index (χ2v) is 14.3. The van der Waals surface area contributed by atoms with E-state index in [-0.39, 0.29) is 28.3 Å². The Balaban J connectivity index is 1.21. The SMILES string of the molecule is Nc1nc2c(ncn2[C@@H]2S[C@@H]3COP(=O)(O)O[C@H]4[C@@H](O)[C@H](n5cnc6c(=O)[nH]cnc65)O[C@@H]4COP(=O)(O)O[C@@H]2[C@@H]3O)c(=O)[nH]1. The van der Waals surface area contributed by atoms with Crippen molar-refractivity contribution < 1.29 is 52.0 Å². The predicted octanol–water partition coefficient (Wildman–Crippen LogP) is -1.91. The summed E-state index contributed by atoms with van der Waals surface area (Å²) in [4.78, 5) is 66.4. The van der Waals surface area contributed by atoms with Crippen molar-refractivity contribution in [1.82, 2.24) is 39.0 Å². The standard InChI is InChI=1S/C20H23N9O13P2S/c21-20-26-15-9(17(33)27-20)25-5-29(15)19-13-10(30)7(45-19)2-39-44(36,37)41-12-6(1-38-43(34,35)42-13)40-18(11(12)31)28-4-24-8-14(28)22-3-23-16(8)32/h3-7,10-13,18-19,30-31H,1-2H2,(H,34,35)(H,36,37)(H,22,23,32)(H3,21,26,27,33)/t6-,7-,10-,11-,12-,13-,18-,19-/m1/s1. The Morgan fingerprint density at radius 3 is 2.33 bits per heavy atom. The van der Waals surface area contributed by atoms with E-state index in [0.717, 1.165) is 24.4 Å². The molecule has 8 N–H and O–H groups in total. The molecule has 0 saturated carbocycles. The maximum atomic E-state index is 13.2. The van der Waals surface area contributed by atoms with E-state index in [4.69, 9.17) is 28.6 Å². The van der Waals surface area contributed by atoms with Crippen LogP contribution in [0.2, 0.25) is 0 Å². The first-order valence-corrected chi connectivity index (χ1v) is 16.9. The molecule has 7 rings (SSSR count). The fourth-order valence-electron chi connectivity index (χ4n) is 5.29. The minimum absolute atomic E-state index is 0.00370. The van der Waals surface area contributed by atoms with Gasteiger partial charge in [-0.25, -0.2) is 24.1 Å².